The minimum atomic E-state index is -0.243. The maximum atomic E-state index is 13.6. The Morgan fingerprint density at radius 3 is 2.57 bits per heavy atom. The van der Waals surface area contributed by atoms with Gasteiger partial charge in [0.05, 0.1) is 22.4 Å². The van der Waals surface area contributed by atoms with Crippen molar-refractivity contribution in [3.8, 4) is 5.69 Å². The van der Waals surface area contributed by atoms with Gasteiger partial charge in [0, 0.05) is 28.9 Å². The smallest absolute Gasteiger partial charge is 0.242 e. The number of carbonyl (C=O) groups is 2. The predicted molar refractivity (Wildman–Crippen MR) is 144 cm³/mol. The van der Waals surface area contributed by atoms with E-state index in [9.17, 15) is 9.59 Å². The Balaban J connectivity index is 1.74. The van der Waals surface area contributed by atoms with E-state index in [4.69, 9.17) is 5.10 Å². The van der Waals surface area contributed by atoms with Crippen LogP contribution in [-0.2, 0) is 15.0 Å². The lowest BCUT2D eigenvalue weighted by Gasteiger charge is -2.26. The highest BCUT2D eigenvalue weighted by Gasteiger charge is 2.40. The summed E-state index contributed by atoms with van der Waals surface area (Å²) < 4.78 is 1.91. The average molecular weight is 509 g/mol. The summed E-state index contributed by atoms with van der Waals surface area (Å²) in [6.45, 7) is 10.1. The fourth-order valence-electron chi connectivity index (χ4n) is 4.88. The van der Waals surface area contributed by atoms with Crippen LogP contribution in [0.25, 0.3) is 5.69 Å². The van der Waals surface area contributed by atoms with Gasteiger partial charge in [0.15, 0.2) is 0 Å². The zero-order chi connectivity index (χ0) is 24.7. The minimum Gasteiger partial charge on any atom is -0.341 e. The SMILES string of the molecule is Cc1cccc(-n2nc(C(C)(C)C)c3c2N(CC(=O)N2CCCC2)C(=O)CS[C@@H]3c2cccs2)c1. The zero-order valence-corrected chi connectivity index (χ0v) is 22.4. The maximum Gasteiger partial charge on any atom is 0.242 e. The first-order valence-corrected chi connectivity index (χ1v) is 14.1. The van der Waals surface area contributed by atoms with Crippen molar-refractivity contribution in [1.82, 2.24) is 14.7 Å². The highest BCUT2D eigenvalue weighted by Crippen LogP contribution is 2.49. The quantitative estimate of drug-likeness (QED) is 0.478. The van der Waals surface area contributed by atoms with Crippen molar-refractivity contribution < 1.29 is 9.59 Å². The molecule has 4 heterocycles. The standard InChI is InChI=1S/C27H32N4O2S2/c1-18-9-7-10-19(15-18)31-26-23(25(28-31)27(2,3)4)24(20-11-8-14-34-20)35-17-22(33)30(26)16-21(32)29-12-5-6-13-29/h7-11,14-15,24H,5-6,12-13,16-17H2,1-4H3/t24-/m1/s1. The van der Waals surface area contributed by atoms with Crippen molar-refractivity contribution in [3.63, 3.8) is 0 Å². The molecule has 0 bridgehead atoms. The second kappa shape index (κ2) is 9.47. The Morgan fingerprint density at radius 1 is 1.14 bits per heavy atom. The summed E-state index contributed by atoms with van der Waals surface area (Å²) in [6, 6.07) is 12.4. The summed E-state index contributed by atoms with van der Waals surface area (Å²) in [6.07, 6.45) is 2.05. The van der Waals surface area contributed by atoms with Crippen molar-refractivity contribution in [2.24, 2.45) is 0 Å². The number of fused-ring (bicyclic) bond motifs is 1. The van der Waals surface area contributed by atoms with Gasteiger partial charge in [0.2, 0.25) is 11.8 Å². The molecule has 8 heteroatoms. The van der Waals surface area contributed by atoms with Crippen LogP contribution in [-0.4, -0.2) is 51.9 Å². The average Bonchev–Trinajstić information content (AvgIpc) is 3.57. The maximum absolute atomic E-state index is 13.6. The molecule has 0 saturated carbocycles. The molecule has 1 fully saturated rings. The number of nitrogens with zero attached hydrogens (tertiary/aromatic N) is 4. The number of thiophene rings is 1. The molecule has 2 aromatic heterocycles. The van der Waals surface area contributed by atoms with Crippen LogP contribution < -0.4 is 4.90 Å². The largest absolute Gasteiger partial charge is 0.341 e. The summed E-state index contributed by atoms with van der Waals surface area (Å²) in [5, 5.41) is 7.22. The molecule has 0 unspecified atom stereocenters. The van der Waals surface area contributed by atoms with E-state index < -0.39 is 0 Å². The number of hydrogen-bond donors (Lipinski definition) is 0. The third kappa shape index (κ3) is 4.66. The van der Waals surface area contributed by atoms with E-state index in [1.165, 1.54) is 4.88 Å². The van der Waals surface area contributed by atoms with Gasteiger partial charge in [-0.15, -0.1) is 23.1 Å². The van der Waals surface area contributed by atoms with Crippen molar-refractivity contribution in [2.75, 3.05) is 30.3 Å². The molecule has 3 aromatic rings. The summed E-state index contributed by atoms with van der Waals surface area (Å²) in [5.41, 5.74) is 3.79. The second-order valence-corrected chi connectivity index (χ2v) is 12.4. The van der Waals surface area contributed by atoms with Gasteiger partial charge in [-0.3, -0.25) is 14.5 Å². The molecule has 2 aliphatic heterocycles. The minimum absolute atomic E-state index is 0.00988. The normalized spacial score (nSPS) is 18.6. The summed E-state index contributed by atoms with van der Waals surface area (Å²) in [4.78, 5) is 31.7. The Morgan fingerprint density at radius 2 is 1.91 bits per heavy atom. The van der Waals surface area contributed by atoms with Crippen molar-refractivity contribution in [3.05, 3.63) is 63.5 Å². The fraction of sp³-hybridized carbons (Fsp3) is 0.444. The fourth-order valence-corrected chi connectivity index (χ4v) is 7.06. The molecular weight excluding hydrogens is 476 g/mol. The number of amides is 2. The van der Waals surface area contributed by atoms with E-state index in [0.717, 1.165) is 54.3 Å². The number of aryl methyl sites for hydroxylation is 1. The molecule has 5 rings (SSSR count). The molecule has 1 saturated heterocycles. The summed E-state index contributed by atoms with van der Waals surface area (Å²) in [7, 11) is 0. The molecule has 2 amide bonds. The molecule has 35 heavy (non-hydrogen) atoms. The van der Waals surface area contributed by atoms with Crippen molar-refractivity contribution in [2.45, 2.75) is 51.2 Å². The molecule has 184 valence electrons. The second-order valence-electron chi connectivity index (χ2n) is 10.4. The van der Waals surface area contributed by atoms with Gasteiger partial charge in [-0.25, -0.2) is 4.68 Å². The van der Waals surface area contributed by atoms with Gasteiger partial charge < -0.3 is 4.90 Å². The van der Waals surface area contributed by atoms with Gasteiger partial charge in [0.1, 0.15) is 12.4 Å². The molecule has 0 radical (unpaired) electrons. The first kappa shape index (κ1) is 24.1. The van der Waals surface area contributed by atoms with Crippen LogP contribution in [0.2, 0.25) is 0 Å². The number of hydrogen-bond acceptors (Lipinski definition) is 5. The molecule has 1 aromatic carbocycles. The van der Waals surface area contributed by atoms with E-state index in [-0.39, 0.29) is 29.0 Å². The Kier molecular flexibility index (Phi) is 6.53. The first-order valence-electron chi connectivity index (χ1n) is 12.2. The Labute approximate surface area is 215 Å². The molecule has 0 aliphatic carbocycles. The number of aromatic nitrogens is 2. The summed E-state index contributed by atoms with van der Waals surface area (Å²) in [5.74, 6) is 1.02. The van der Waals surface area contributed by atoms with E-state index in [1.54, 1.807) is 28.0 Å². The third-order valence-corrected chi connectivity index (χ3v) is 8.92. The Bertz CT molecular complexity index is 1240. The monoisotopic (exact) mass is 508 g/mol. The van der Waals surface area contributed by atoms with Gasteiger partial charge in [-0.2, -0.15) is 5.10 Å². The van der Waals surface area contributed by atoms with Crippen molar-refractivity contribution >= 4 is 40.7 Å². The van der Waals surface area contributed by atoms with Gasteiger partial charge in [0.25, 0.3) is 0 Å². The molecule has 0 N–H and O–H groups in total. The molecule has 2 aliphatic rings. The van der Waals surface area contributed by atoms with E-state index in [1.807, 2.05) is 21.7 Å². The number of carbonyl (C=O) groups excluding carboxylic acids is 2. The van der Waals surface area contributed by atoms with Crippen LogP contribution >= 0.6 is 23.1 Å². The molecule has 0 spiro atoms. The highest BCUT2D eigenvalue weighted by molar-refractivity contribution is 8.00. The van der Waals surface area contributed by atoms with Crippen LogP contribution in [0.4, 0.5) is 5.82 Å². The number of thioether (sulfide) groups is 1. The lowest BCUT2D eigenvalue weighted by molar-refractivity contribution is -0.130. The van der Waals surface area contributed by atoms with Gasteiger partial charge >= 0.3 is 0 Å². The lowest BCUT2D eigenvalue weighted by atomic mass is 9.88. The number of anilines is 1. The van der Waals surface area contributed by atoms with E-state index in [0.29, 0.717) is 5.75 Å². The topological polar surface area (TPSA) is 58.4 Å². The van der Waals surface area contributed by atoms with Crippen molar-refractivity contribution in [1.29, 1.82) is 0 Å². The van der Waals surface area contributed by atoms with Crippen LogP contribution in [0.15, 0.2) is 41.8 Å². The van der Waals surface area contributed by atoms with E-state index in [2.05, 4.69) is 57.3 Å². The molecular formula is C27H32N4O2S2. The number of benzene rings is 1. The Hall–Kier alpha value is -2.58. The van der Waals surface area contributed by atoms with Gasteiger partial charge in [-0.1, -0.05) is 39.0 Å². The predicted octanol–water partition coefficient (Wildman–Crippen LogP) is 5.33. The van der Waals surface area contributed by atoms with Gasteiger partial charge in [-0.05, 0) is 48.9 Å². The van der Waals surface area contributed by atoms with Crippen LogP contribution in [0.1, 0.15) is 60.6 Å². The molecule has 6 nitrogen and oxygen atoms in total. The third-order valence-electron chi connectivity index (χ3n) is 6.60. The van der Waals surface area contributed by atoms with E-state index >= 15 is 0 Å². The zero-order valence-electron chi connectivity index (χ0n) is 20.8. The van der Waals surface area contributed by atoms with Crippen LogP contribution in [0.5, 0.6) is 0 Å². The van der Waals surface area contributed by atoms with Crippen LogP contribution in [0, 0.1) is 6.92 Å². The molecule has 1 atom stereocenters. The number of likely N-dealkylation sites (tertiary alicyclic amines) is 1. The number of rotatable bonds is 4. The lowest BCUT2D eigenvalue weighted by Crippen LogP contribution is -2.43. The highest BCUT2D eigenvalue weighted by atomic mass is 32.2. The first-order chi connectivity index (χ1) is 16.7. The summed E-state index contributed by atoms with van der Waals surface area (Å²) >= 11 is 3.34. The van der Waals surface area contributed by atoms with Crippen LogP contribution in [0.3, 0.4) is 0 Å².